The molecular formula is C22H25N3O4. The lowest BCUT2D eigenvalue weighted by Crippen LogP contribution is -2.73. The second-order valence-electron chi connectivity index (χ2n) is 8.71. The average Bonchev–Trinajstić information content (AvgIpc) is 2.68. The molecule has 1 aromatic heterocycles. The number of fused-ring (bicyclic) bond motifs is 2. The molecule has 152 valence electrons. The van der Waals surface area contributed by atoms with Crippen molar-refractivity contribution in [1.29, 1.82) is 0 Å². The second-order valence-corrected chi connectivity index (χ2v) is 8.71. The number of rotatable bonds is 2. The van der Waals surface area contributed by atoms with Crippen molar-refractivity contribution in [3.05, 3.63) is 62.6 Å². The number of aliphatic hydroxyl groups is 1. The minimum Gasteiger partial charge on any atom is -0.497 e. The molecule has 1 saturated heterocycles. The lowest BCUT2D eigenvalue weighted by molar-refractivity contribution is -0.145. The summed E-state index contributed by atoms with van der Waals surface area (Å²) in [4.78, 5) is 29.2. The van der Waals surface area contributed by atoms with Crippen molar-refractivity contribution in [3.8, 4) is 5.75 Å². The predicted molar refractivity (Wildman–Crippen MR) is 107 cm³/mol. The van der Waals surface area contributed by atoms with E-state index in [-0.39, 0.29) is 11.6 Å². The number of likely N-dealkylation sites (tertiary alicyclic amines) is 1. The number of hydrogen-bond acceptors (Lipinski definition) is 5. The maximum atomic E-state index is 12.4. The fourth-order valence-corrected chi connectivity index (χ4v) is 5.96. The number of methoxy groups -OCH3 is 1. The highest BCUT2D eigenvalue weighted by Crippen LogP contribution is 2.56. The average molecular weight is 395 g/mol. The maximum absolute atomic E-state index is 12.4. The molecule has 1 fully saturated rings. The second kappa shape index (κ2) is 5.93. The van der Waals surface area contributed by atoms with Crippen LogP contribution in [-0.4, -0.2) is 53.2 Å². The van der Waals surface area contributed by atoms with Crippen molar-refractivity contribution < 1.29 is 14.6 Å². The summed E-state index contributed by atoms with van der Waals surface area (Å²) >= 11 is 0. The third-order valence-electron chi connectivity index (χ3n) is 7.47. The Morgan fingerprint density at radius 2 is 2.10 bits per heavy atom. The smallest absolute Gasteiger partial charge is 0.261 e. The number of H-pyrrole nitrogens is 1. The fraction of sp³-hybridized carbons (Fsp3) is 0.455. The first kappa shape index (κ1) is 18.4. The van der Waals surface area contributed by atoms with Crippen LogP contribution in [0.5, 0.6) is 5.75 Å². The maximum Gasteiger partial charge on any atom is 0.261 e. The summed E-state index contributed by atoms with van der Waals surface area (Å²) in [6, 6.07) is 7.62. The van der Waals surface area contributed by atoms with Crippen LogP contribution in [0.3, 0.4) is 0 Å². The zero-order valence-electron chi connectivity index (χ0n) is 16.6. The van der Waals surface area contributed by atoms with Crippen molar-refractivity contribution >= 4 is 5.91 Å². The molecule has 7 nitrogen and oxygen atoms in total. The van der Waals surface area contributed by atoms with Gasteiger partial charge in [-0.15, -0.1) is 0 Å². The van der Waals surface area contributed by atoms with Crippen LogP contribution >= 0.6 is 0 Å². The Labute approximate surface area is 168 Å². The molecule has 2 aliphatic carbocycles. The van der Waals surface area contributed by atoms with Gasteiger partial charge in [-0.3, -0.25) is 9.59 Å². The molecule has 2 heterocycles. The van der Waals surface area contributed by atoms with Crippen LogP contribution in [-0.2, 0) is 24.7 Å². The number of pyridine rings is 1. The normalized spacial score (nSPS) is 30.1. The van der Waals surface area contributed by atoms with E-state index in [0.29, 0.717) is 12.8 Å². The van der Waals surface area contributed by atoms with Crippen LogP contribution in [0.15, 0.2) is 29.1 Å². The number of likely N-dealkylation sites (N-methyl/N-ethyl adjacent to an activating group) is 1. The van der Waals surface area contributed by atoms with E-state index in [4.69, 9.17) is 10.5 Å². The van der Waals surface area contributed by atoms with Gasteiger partial charge in [-0.25, -0.2) is 0 Å². The van der Waals surface area contributed by atoms with E-state index in [0.717, 1.165) is 42.0 Å². The molecule has 1 aromatic carbocycles. The third-order valence-corrected chi connectivity index (χ3v) is 7.47. The lowest BCUT2D eigenvalue weighted by atomic mass is 9.49. The topological polar surface area (TPSA) is 109 Å². The molecule has 4 N–H and O–H groups in total. The van der Waals surface area contributed by atoms with Crippen molar-refractivity contribution in [2.75, 3.05) is 20.7 Å². The van der Waals surface area contributed by atoms with Gasteiger partial charge in [0.1, 0.15) is 11.3 Å². The van der Waals surface area contributed by atoms with Crippen molar-refractivity contribution in [2.24, 2.45) is 5.73 Å². The third kappa shape index (κ3) is 2.31. The highest BCUT2D eigenvalue weighted by molar-refractivity contribution is 5.92. The summed E-state index contributed by atoms with van der Waals surface area (Å²) in [6.45, 7) is 0.864. The number of nitrogens with two attached hydrogens (primary N) is 1. The minimum atomic E-state index is -1.01. The number of piperidine rings is 1. The van der Waals surface area contributed by atoms with E-state index in [1.165, 1.54) is 5.56 Å². The summed E-state index contributed by atoms with van der Waals surface area (Å²) in [7, 11) is 3.70. The number of primary amides is 1. The Hall–Kier alpha value is -2.64. The van der Waals surface area contributed by atoms with Crippen molar-refractivity contribution in [1.82, 2.24) is 9.88 Å². The molecule has 1 aliphatic heterocycles. The van der Waals surface area contributed by atoms with Gasteiger partial charge >= 0.3 is 0 Å². The van der Waals surface area contributed by atoms with Gasteiger partial charge in [0.25, 0.3) is 11.5 Å². The number of nitrogens with one attached hydrogen (secondary N) is 1. The van der Waals surface area contributed by atoms with E-state index in [1.54, 1.807) is 13.2 Å². The van der Waals surface area contributed by atoms with Gasteiger partial charge in [0.2, 0.25) is 0 Å². The van der Waals surface area contributed by atoms with Gasteiger partial charge < -0.3 is 25.5 Å². The van der Waals surface area contributed by atoms with Crippen LogP contribution in [0.4, 0.5) is 0 Å². The lowest BCUT2D eigenvalue weighted by Gasteiger charge is -2.63. The number of hydrogen-bond donors (Lipinski definition) is 3. The monoisotopic (exact) mass is 395 g/mol. The van der Waals surface area contributed by atoms with Crippen LogP contribution < -0.4 is 16.0 Å². The standard InChI is InChI=1S/C22H25N3O4/c1-25-6-5-21-11-17-13(7-15(19(23)26)20(27)24-17)10-22(21,28)18(25)8-12-3-4-14(29-2)9-16(12)21/h3-4,7,9,18,28H,5-6,8,10-11H2,1-2H3,(H2,23,26)(H,24,27)/t18-,21-,22?/m1/s1. The largest absolute Gasteiger partial charge is 0.497 e. The zero-order chi connectivity index (χ0) is 20.6. The van der Waals surface area contributed by atoms with Crippen molar-refractivity contribution in [3.63, 3.8) is 0 Å². The fourth-order valence-electron chi connectivity index (χ4n) is 5.96. The molecule has 0 spiro atoms. The molecule has 3 atom stereocenters. The number of amides is 1. The number of aromatic nitrogens is 1. The SMILES string of the molecule is COc1ccc2c(c1)[C@]13CCN(C)[C@H](C2)C1(O)Cc1cc(C(N)=O)c(=O)[nH]c1C3. The molecule has 1 unspecified atom stereocenters. The molecule has 7 heteroatoms. The van der Waals surface area contributed by atoms with E-state index in [2.05, 4.69) is 23.0 Å². The van der Waals surface area contributed by atoms with Gasteiger partial charge in [-0.1, -0.05) is 6.07 Å². The molecule has 5 rings (SSSR count). The molecule has 0 radical (unpaired) electrons. The van der Waals surface area contributed by atoms with E-state index >= 15 is 0 Å². The number of ether oxygens (including phenoxy) is 1. The van der Waals surface area contributed by atoms with Gasteiger partial charge in [-0.05, 0) is 61.3 Å². The highest BCUT2D eigenvalue weighted by atomic mass is 16.5. The summed E-state index contributed by atoms with van der Waals surface area (Å²) in [5.41, 5.74) is 7.22. The van der Waals surface area contributed by atoms with E-state index in [1.807, 2.05) is 12.1 Å². The number of benzene rings is 1. The Morgan fingerprint density at radius 3 is 2.83 bits per heavy atom. The van der Waals surface area contributed by atoms with Gasteiger partial charge in [-0.2, -0.15) is 0 Å². The first-order chi connectivity index (χ1) is 13.8. The van der Waals surface area contributed by atoms with E-state index in [9.17, 15) is 14.7 Å². The van der Waals surface area contributed by atoms with Crippen LogP contribution in [0.1, 0.15) is 39.2 Å². The first-order valence-electron chi connectivity index (χ1n) is 9.94. The Bertz CT molecular complexity index is 1090. The van der Waals surface area contributed by atoms with Gasteiger partial charge in [0, 0.05) is 30.0 Å². The Balaban J connectivity index is 1.76. The summed E-state index contributed by atoms with van der Waals surface area (Å²) in [5.74, 6) is 0.0126. The number of carbonyl (C=O) groups excluding carboxylic acids is 1. The van der Waals surface area contributed by atoms with Crippen LogP contribution in [0, 0.1) is 0 Å². The highest BCUT2D eigenvalue weighted by Gasteiger charge is 2.64. The number of aromatic amines is 1. The van der Waals surface area contributed by atoms with E-state index < -0.39 is 22.5 Å². The minimum absolute atomic E-state index is 0.0470. The summed E-state index contributed by atoms with van der Waals surface area (Å²) < 4.78 is 5.48. The molecule has 1 amide bonds. The molecular weight excluding hydrogens is 370 g/mol. The van der Waals surface area contributed by atoms with Crippen molar-refractivity contribution in [2.45, 2.75) is 42.7 Å². The van der Waals surface area contributed by atoms with Gasteiger partial charge in [0.15, 0.2) is 0 Å². The number of carbonyl (C=O) groups is 1. The molecule has 2 bridgehead atoms. The molecule has 2 aromatic rings. The summed E-state index contributed by atoms with van der Waals surface area (Å²) in [6.07, 6.45) is 2.40. The predicted octanol–water partition coefficient (Wildman–Crippen LogP) is 0.510. The number of nitrogens with zero attached hydrogens (tertiary/aromatic N) is 1. The first-order valence-corrected chi connectivity index (χ1v) is 9.94. The van der Waals surface area contributed by atoms with Gasteiger partial charge in [0.05, 0.1) is 12.7 Å². The zero-order valence-corrected chi connectivity index (χ0v) is 16.6. The Kier molecular flexibility index (Phi) is 3.76. The molecule has 3 aliphatic rings. The molecule has 29 heavy (non-hydrogen) atoms. The molecule has 0 saturated carbocycles. The quantitative estimate of drug-likeness (QED) is 0.687. The van der Waals surface area contributed by atoms with Crippen LogP contribution in [0.2, 0.25) is 0 Å². The summed E-state index contributed by atoms with van der Waals surface area (Å²) in [5, 5.41) is 12.2. The van der Waals surface area contributed by atoms with Crippen LogP contribution in [0.25, 0.3) is 0 Å². The Morgan fingerprint density at radius 1 is 1.31 bits per heavy atom.